The van der Waals surface area contributed by atoms with Gasteiger partial charge in [-0.15, -0.1) is 0 Å². The smallest absolute Gasteiger partial charge is 0.323 e. The van der Waals surface area contributed by atoms with Gasteiger partial charge in [0.25, 0.3) is 0 Å². The Morgan fingerprint density at radius 3 is 1.96 bits per heavy atom. The van der Waals surface area contributed by atoms with Crippen molar-refractivity contribution in [3.8, 4) is 5.75 Å². The molecule has 0 aliphatic carbocycles. The van der Waals surface area contributed by atoms with Crippen LogP contribution < -0.4 is 16.0 Å². The van der Waals surface area contributed by atoms with Gasteiger partial charge in [0.15, 0.2) is 0 Å². The Bertz CT molecular complexity index is 818. The summed E-state index contributed by atoms with van der Waals surface area (Å²) in [4.78, 5) is 11.9. The summed E-state index contributed by atoms with van der Waals surface area (Å²) < 4.78 is 0. The number of amides is 2. The van der Waals surface area contributed by atoms with E-state index in [2.05, 4.69) is 16.0 Å². The van der Waals surface area contributed by atoms with Crippen molar-refractivity contribution >= 4 is 28.8 Å². The first-order chi connectivity index (χ1) is 11.7. The molecule has 0 unspecified atom stereocenters. The van der Waals surface area contributed by atoms with E-state index >= 15 is 0 Å². The van der Waals surface area contributed by atoms with Crippen molar-refractivity contribution < 1.29 is 9.90 Å². The van der Waals surface area contributed by atoms with Crippen LogP contribution in [-0.4, -0.2) is 11.1 Å². The van der Waals surface area contributed by atoms with E-state index in [0.29, 0.717) is 11.4 Å². The molecule has 0 spiro atoms. The molecule has 0 saturated heterocycles. The number of nitrogens with one attached hydrogen (secondary N) is 3. The number of aromatic hydroxyl groups is 1. The molecule has 2 amide bonds. The van der Waals surface area contributed by atoms with Crippen LogP contribution in [0.1, 0.15) is 0 Å². The van der Waals surface area contributed by atoms with Gasteiger partial charge in [-0.1, -0.05) is 24.3 Å². The number of phenols is 1. The SMILES string of the molecule is O=C(Nc1ccc(Nc2ccccc2)cc1)Nc1cccc(O)c1. The Kier molecular flexibility index (Phi) is 4.62. The fraction of sp³-hybridized carbons (Fsp3) is 0. The zero-order chi connectivity index (χ0) is 16.8. The molecule has 0 heterocycles. The second-order valence-electron chi connectivity index (χ2n) is 5.20. The number of phenolic OH excluding ortho intramolecular Hbond substituents is 1. The number of hydrogen-bond donors (Lipinski definition) is 4. The average Bonchev–Trinajstić information content (AvgIpc) is 2.57. The third-order valence-electron chi connectivity index (χ3n) is 3.31. The van der Waals surface area contributed by atoms with Gasteiger partial charge < -0.3 is 21.1 Å². The van der Waals surface area contributed by atoms with E-state index in [4.69, 9.17) is 0 Å². The van der Waals surface area contributed by atoms with E-state index in [1.165, 1.54) is 6.07 Å². The molecular formula is C19H17N3O2. The van der Waals surface area contributed by atoms with Crippen molar-refractivity contribution in [1.29, 1.82) is 0 Å². The lowest BCUT2D eigenvalue weighted by atomic mass is 10.2. The Labute approximate surface area is 140 Å². The normalized spacial score (nSPS) is 10.0. The molecule has 24 heavy (non-hydrogen) atoms. The van der Waals surface area contributed by atoms with Crippen LogP contribution in [0.5, 0.6) is 5.75 Å². The van der Waals surface area contributed by atoms with Gasteiger partial charge in [-0.05, 0) is 48.5 Å². The summed E-state index contributed by atoms with van der Waals surface area (Å²) in [6.45, 7) is 0. The van der Waals surface area contributed by atoms with Crippen LogP contribution in [0.4, 0.5) is 27.5 Å². The maximum Gasteiger partial charge on any atom is 0.323 e. The van der Waals surface area contributed by atoms with E-state index < -0.39 is 0 Å². The molecule has 3 rings (SSSR count). The van der Waals surface area contributed by atoms with Crippen LogP contribution in [0, 0.1) is 0 Å². The first kappa shape index (κ1) is 15.4. The van der Waals surface area contributed by atoms with E-state index in [1.54, 1.807) is 18.2 Å². The Hall–Kier alpha value is -3.47. The van der Waals surface area contributed by atoms with Gasteiger partial charge in [-0.2, -0.15) is 0 Å². The quantitative estimate of drug-likeness (QED) is 0.559. The van der Waals surface area contributed by atoms with E-state index in [9.17, 15) is 9.90 Å². The molecule has 4 N–H and O–H groups in total. The Morgan fingerprint density at radius 2 is 1.25 bits per heavy atom. The van der Waals surface area contributed by atoms with Gasteiger partial charge in [-0.3, -0.25) is 0 Å². The predicted molar refractivity (Wildman–Crippen MR) is 96.9 cm³/mol. The van der Waals surface area contributed by atoms with Crippen molar-refractivity contribution in [3.63, 3.8) is 0 Å². The summed E-state index contributed by atoms with van der Waals surface area (Å²) in [7, 11) is 0. The number of para-hydroxylation sites is 1. The lowest BCUT2D eigenvalue weighted by Gasteiger charge is -2.10. The summed E-state index contributed by atoms with van der Waals surface area (Å²) in [5.74, 6) is 0.101. The number of anilines is 4. The standard InChI is InChI=1S/C19H17N3O2/c23-18-8-4-7-17(13-18)22-19(24)21-16-11-9-15(10-12-16)20-14-5-2-1-3-6-14/h1-13,20,23H,(H2,21,22,24). The minimum atomic E-state index is -0.371. The molecule has 0 saturated carbocycles. The fourth-order valence-corrected chi connectivity index (χ4v) is 2.20. The zero-order valence-corrected chi connectivity index (χ0v) is 12.9. The maximum atomic E-state index is 11.9. The molecule has 5 heteroatoms. The summed E-state index contributed by atoms with van der Waals surface area (Å²) in [5.41, 5.74) is 3.13. The Morgan fingerprint density at radius 1 is 0.667 bits per heavy atom. The molecule has 0 aliphatic heterocycles. The second kappa shape index (κ2) is 7.19. The maximum absolute atomic E-state index is 11.9. The fourth-order valence-electron chi connectivity index (χ4n) is 2.20. The van der Waals surface area contributed by atoms with Crippen LogP contribution in [-0.2, 0) is 0 Å². The van der Waals surface area contributed by atoms with Crippen LogP contribution in [0.3, 0.4) is 0 Å². The van der Waals surface area contributed by atoms with Gasteiger partial charge in [-0.25, -0.2) is 4.79 Å². The number of hydrogen-bond acceptors (Lipinski definition) is 3. The van der Waals surface area contributed by atoms with Gasteiger partial charge >= 0.3 is 6.03 Å². The topological polar surface area (TPSA) is 73.4 Å². The van der Waals surface area contributed by atoms with Gasteiger partial charge in [0, 0.05) is 28.8 Å². The van der Waals surface area contributed by atoms with E-state index in [0.717, 1.165) is 11.4 Å². The lowest BCUT2D eigenvalue weighted by molar-refractivity contribution is 0.262. The largest absolute Gasteiger partial charge is 0.508 e. The van der Waals surface area contributed by atoms with E-state index in [-0.39, 0.29) is 11.8 Å². The third-order valence-corrected chi connectivity index (χ3v) is 3.31. The Balaban J connectivity index is 1.58. The first-order valence-electron chi connectivity index (χ1n) is 7.48. The molecule has 0 bridgehead atoms. The average molecular weight is 319 g/mol. The van der Waals surface area contributed by atoms with Crippen LogP contribution >= 0.6 is 0 Å². The third kappa shape index (κ3) is 4.27. The molecular weight excluding hydrogens is 302 g/mol. The second-order valence-corrected chi connectivity index (χ2v) is 5.20. The van der Waals surface area contributed by atoms with Crippen LogP contribution in [0.25, 0.3) is 0 Å². The highest BCUT2D eigenvalue weighted by Crippen LogP contribution is 2.19. The number of rotatable bonds is 4. The molecule has 5 nitrogen and oxygen atoms in total. The van der Waals surface area contributed by atoms with Gasteiger partial charge in [0.1, 0.15) is 5.75 Å². The zero-order valence-electron chi connectivity index (χ0n) is 12.9. The molecule has 0 aromatic heterocycles. The number of benzene rings is 3. The van der Waals surface area contributed by atoms with Crippen LogP contribution in [0.2, 0.25) is 0 Å². The van der Waals surface area contributed by atoms with Crippen molar-refractivity contribution in [2.45, 2.75) is 0 Å². The van der Waals surface area contributed by atoms with E-state index in [1.807, 2.05) is 54.6 Å². The first-order valence-corrected chi connectivity index (χ1v) is 7.48. The van der Waals surface area contributed by atoms with Gasteiger partial charge in [0.05, 0.1) is 0 Å². The molecule has 3 aromatic rings. The van der Waals surface area contributed by atoms with Crippen LogP contribution in [0.15, 0.2) is 78.9 Å². The minimum absolute atomic E-state index is 0.101. The molecule has 0 fully saturated rings. The summed E-state index contributed by atoms with van der Waals surface area (Å²) >= 11 is 0. The predicted octanol–water partition coefficient (Wildman–Crippen LogP) is 4.78. The number of carbonyl (C=O) groups excluding carboxylic acids is 1. The van der Waals surface area contributed by atoms with Crippen molar-refractivity contribution in [3.05, 3.63) is 78.9 Å². The molecule has 120 valence electrons. The lowest BCUT2D eigenvalue weighted by Crippen LogP contribution is -2.19. The summed E-state index contributed by atoms with van der Waals surface area (Å²) in [5, 5.41) is 18.1. The highest BCUT2D eigenvalue weighted by Gasteiger charge is 2.03. The molecule has 0 radical (unpaired) electrons. The highest BCUT2D eigenvalue weighted by molar-refractivity contribution is 5.99. The van der Waals surface area contributed by atoms with Crippen molar-refractivity contribution in [2.24, 2.45) is 0 Å². The highest BCUT2D eigenvalue weighted by atomic mass is 16.3. The monoisotopic (exact) mass is 319 g/mol. The van der Waals surface area contributed by atoms with Gasteiger partial charge in [0.2, 0.25) is 0 Å². The number of carbonyl (C=O) groups is 1. The minimum Gasteiger partial charge on any atom is -0.508 e. The molecule has 0 atom stereocenters. The van der Waals surface area contributed by atoms with Crippen molar-refractivity contribution in [1.82, 2.24) is 0 Å². The van der Waals surface area contributed by atoms with Crippen molar-refractivity contribution in [2.75, 3.05) is 16.0 Å². The summed E-state index contributed by atoms with van der Waals surface area (Å²) in [6.07, 6.45) is 0. The molecule has 3 aromatic carbocycles. The summed E-state index contributed by atoms with van der Waals surface area (Å²) in [6, 6.07) is 23.3. The molecule has 0 aliphatic rings. The number of urea groups is 1.